The van der Waals surface area contributed by atoms with Crippen LogP contribution in [0, 0.1) is 0 Å². The SMILES string of the molecule is CCCCC(CC(C)O)NCC. The Bertz CT molecular complexity index is 93.8. The van der Waals surface area contributed by atoms with Crippen molar-refractivity contribution in [3.63, 3.8) is 0 Å². The van der Waals surface area contributed by atoms with E-state index in [-0.39, 0.29) is 6.10 Å². The lowest BCUT2D eigenvalue weighted by molar-refractivity contribution is 0.165. The standard InChI is InChI=1S/C10H23NO/c1-4-6-7-10(11-5-2)8-9(3)12/h9-12H,4-8H2,1-3H3. The fraction of sp³-hybridized carbons (Fsp3) is 1.00. The van der Waals surface area contributed by atoms with Crippen molar-refractivity contribution in [2.75, 3.05) is 6.54 Å². The lowest BCUT2D eigenvalue weighted by atomic mass is 10.0. The van der Waals surface area contributed by atoms with Gasteiger partial charge in [-0.15, -0.1) is 0 Å². The summed E-state index contributed by atoms with van der Waals surface area (Å²) in [4.78, 5) is 0. The van der Waals surface area contributed by atoms with E-state index in [0.29, 0.717) is 6.04 Å². The maximum atomic E-state index is 9.21. The maximum Gasteiger partial charge on any atom is 0.0526 e. The van der Waals surface area contributed by atoms with Crippen molar-refractivity contribution >= 4 is 0 Å². The van der Waals surface area contributed by atoms with Crippen LogP contribution < -0.4 is 5.32 Å². The van der Waals surface area contributed by atoms with Crippen molar-refractivity contribution in [2.45, 2.75) is 58.6 Å². The summed E-state index contributed by atoms with van der Waals surface area (Å²) in [7, 11) is 0. The molecular weight excluding hydrogens is 150 g/mol. The zero-order valence-corrected chi connectivity index (χ0v) is 8.64. The molecule has 0 aliphatic rings. The van der Waals surface area contributed by atoms with Gasteiger partial charge >= 0.3 is 0 Å². The highest BCUT2D eigenvalue weighted by atomic mass is 16.3. The molecule has 0 amide bonds. The summed E-state index contributed by atoms with van der Waals surface area (Å²) in [5, 5.41) is 12.6. The third-order valence-electron chi connectivity index (χ3n) is 2.02. The summed E-state index contributed by atoms with van der Waals surface area (Å²) in [6.45, 7) is 7.17. The number of unbranched alkanes of at least 4 members (excludes halogenated alkanes) is 1. The second-order valence-corrected chi connectivity index (χ2v) is 3.48. The molecule has 2 nitrogen and oxygen atoms in total. The molecule has 0 aliphatic carbocycles. The predicted octanol–water partition coefficient (Wildman–Crippen LogP) is 1.93. The average molecular weight is 173 g/mol. The predicted molar refractivity (Wildman–Crippen MR) is 53.3 cm³/mol. The van der Waals surface area contributed by atoms with Crippen LogP contribution in [0.1, 0.15) is 46.5 Å². The Hall–Kier alpha value is -0.0800. The number of aliphatic hydroxyl groups excluding tert-OH is 1. The number of aliphatic hydroxyl groups is 1. The molecule has 0 spiro atoms. The first-order chi connectivity index (χ1) is 5.70. The van der Waals surface area contributed by atoms with E-state index in [1.807, 2.05) is 6.92 Å². The molecule has 0 heterocycles. The Labute approximate surface area is 76.4 Å². The van der Waals surface area contributed by atoms with Crippen LogP contribution in [0.25, 0.3) is 0 Å². The van der Waals surface area contributed by atoms with Crippen LogP contribution in [0.15, 0.2) is 0 Å². The van der Waals surface area contributed by atoms with E-state index >= 15 is 0 Å². The van der Waals surface area contributed by atoms with Crippen LogP contribution in [-0.2, 0) is 0 Å². The molecule has 0 saturated heterocycles. The topological polar surface area (TPSA) is 32.3 Å². The van der Waals surface area contributed by atoms with Gasteiger partial charge in [0.1, 0.15) is 0 Å². The molecule has 0 saturated carbocycles. The molecule has 0 rings (SSSR count). The van der Waals surface area contributed by atoms with E-state index in [0.717, 1.165) is 13.0 Å². The van der Waals surface area contributed by atoms with Gasteiger partial charge in [0, 0.05) is 6.04 Å². The Kier molecular flexibility index (Phi) is 7.51. The van der Waals surface area contributed by atoms with Gasteiger partial charge in [0.15, 0.2) is 0 Å². The quantitative estimate of drug-likeness (QED) is 0.616. The molecule has 0 bridgehead atoms. The van der Waals surface area contributed by atoms with Crippen molar-refractivity contribution in [1.82, 2.24) is 5.32 Å². The highest BCUT2D eigenvalue weighted by Gasteiger charge is 2.08. The van der Waals surface area contributed by atoms with Crippen LogP contribution in [0.2, 0.25) is 0 Å². The normalized spacial score (nSPS) is 16.0. The van der Waals surface area contributed by atoms with Gasteiger partial charge in [-0.2, -0.15) is 0 Å². The first-order valence-electron chi connectivity index (χ1n) is 5.12. The lowest BCUT2D eigenvalue weighted by Gasteiger charge is -2.18. The van der Waals surface area contributed by atoms with E-state index in [4.69, 9.17) is 0 Å². The van der Waals surface area contributed by atoms with Gasteiger partial charge < -0.3 is 10.4 Å². The molecule has 74 valence electrons. The number of nitrogens with one attached hydrogen (secondary N) is 1. The van der Waals surface area contributed by atoms with Gasteiger partial charge in [0.2, 0.25) is 0 Å². The lowest BCUT2D eigenvalue weighted by Crippen LogP contribution is -2.31. The molecule has 2 unspecified atom stereocenters. The molecule has 12 heavy (non-hydrogen) atoms. The highest BCUT2D eigenvalue weighted by molar-refractivity contribution is 4.68. The summed E-state index contributed by atoms with van der Waals surface area (Å²) in [5.74, 6) is 0. The van der Waals surface area contributed by atoms with Gasteiger partial charge in [-0.1, -0.05) is 26.7 Å². The molecule has 2 atom stereocenters. The minimum atomic E-state index is -0.175. The minimum absolute atomic E-state index is 0.175. The van der Waals surface area contributed by atoms with Crippen LogP contribution >= 0.6 is 0 Å². The van der Waals surface area contributed by atoms with Gasteiger partial charge in [0.25, 0.3) is 0 Å². The Morgan fingerprint density at radius 2 is 2.00 bits per heavy atom. The van der Waals surface area contributed by atoms with Crippen molar-refractivity contribution in [1.29, 1.82) is 0 Å². The molecule has 0 aromatic carbocycles. The first kappa shape index (κ1) is 11.9. The number of hydrogen-bond donors (Lipinski definition) is 2. The summed E-state index contributed by atoms with van der Waals surface area (Å²) in [6.07, 6.45) is 4.39. The second kappa shape index (κ2) is 7.56. The molecule has 0 radical (unpaired) electrons. The average Bonchev–Trinajstić information content (AvgIpc) is 2.00. The van der Waals surface area contributed by atoms with E-state index < -0.39 is 0 Å². The minimum Gasteiger partial charge on any atom is -0.393 e. The largest absolute Gasteiger partial charge is 0.393 e. The number of rotatable bonds is 7. The summed E-state index contributed by atoms with van der Waals surface area (Å²) >= 11 is 0. The Morgan fingerprint density at radius 1 is 1.33 bits per heavy atom. The van der Waals surface area contributed by atoms with Crippen LogP contribution in [0.4, 0.5) is 0 Å². The van der Waals surface area contributed by atoms with E-state index in [1.54, 1.807) is 0 Å². The summed E-state index contributed by atoms with van der Waals surface area (Å²) in [6, 6.07) is 0.509. The Balaban J connectivity index is 3.54. The maximum absolute atomic E-state index is 9.21. The zero-order chi connectivity index (χ0) is 9.40. The Morgan fingerprint density at radius 3 is 2.42 bits per heavy atom. The van der Waals surface area contributed by atoms with Crippen LogP contribution in [0.5, 0.6) is 0 Å². The molecule has 0 aromatic rings. The van der Waals surface area contributed by atoms with Crippen molar-refractivity contribution in [2.24, 2.45) is 0 Å². The third-order valence-corrected chi connectivity index (χ3v) is 2.02. The van der Waals surface area contributed by atoms with E-state index in [9.17, 15) is 5.11 Å². The molecule has 0 fully saturated rings. The molecule has 0 aromatic heterocycles. The summed E-state index contributed by atoms with van der Waals surface area (Å²) < 4.78 is 0. The zero-order valence-electron chi connectivity index (χ0n) is 8.64. The summed E-state index contributed by atoms with van der Waals surface area (Å²) in [5.41, 5.74) is 0. The number of hydrogen-bond acceptors (Lipinski definition) is 2. The van der Waals surface area contributed by atoms with E-state index in [2.05, 4.69) is 19.2 Å². The van der Waals surface area contributed by atoms with Gasteiger partial charge in [-0.25, -0.2) is 0 Å². The monoisotopic (exact) mass is 173 g/mol. The fourth-order valence-electron chi connectivity index (χ4n) is 1.45. The van der Waals surface area contributed by atoms with E-state index in [1.165, 1.54) is 19.3 Å². The van der Waals surface area contributed by atoms with Gasteiger partial charge in [-0.05, 0) is 26.3 Å². The third kappa shape index (κ3) is 6.62. The smallest absolute Gasteiger partial charge is 0.0526 e. The first-order valence-corrected chi connectivity index (χ1v) is 5.12. The highest BCUT2D eigenvalue weighted by Crippen LogP contribution is 2.06. The molecule has 0 aliphatic heterocycles. The fourth-order valence-corrected chi connectivity index (χ4v) is 1.45. The van der Waals surface area contributed by atoms with Crippen LogP contribution in [0.3, 0.4) is 0 Å². The second-order valence-electron chi connectivity index (χ2n) is 3.48. The molecule has 2 N–H and O–H groups in total. The van der Waals surface area contributed by atoms with Crippen LogP contribution in [-0.4, -0.2) is 23.8 Å². The van der Waals surface area contributed by atoms with Gasteiger partial charge in [0.05, 0.1) is 6.10 Å². The van der Waals surface area contributed by atoms with Crippen molar-refractivity contribution in [3.05, 3.63) is 0 Å². The van der Waals surface area contributed by atoms with Crippen molar-refractivity contribution in [3.8, 4) is 0 Å². The van der Waals surface area contributed by atoms with Crippen molar-refractivity contribution < 1.29 is 5.11 Å². The van der Waals surface area contributed by atoms with Gasteiger partial charge in [-0.3, -0.25) is 0 Å². The molecular formula is C10H23NO. The molecule has 2 heteroatoms.